The molecular formula is C12H13BrN2O4S. The molecule has 8 heteroatoms. The molecule has 1 unspecified atom stereocenters. The maximum atomic E-state index is 12.3. The number of carboxylic acid groups (broad SMARTS) is 1. The Morgan fingerprint density at radius 3 is 2.65 bits per heavy atom. The van der Waals surface area contributed by atoms with Crippen LogP contribution < -0.4 is 0 Å². The second-order valence-corrected chi connectivity index (χ2v) is 7.03. The van der Waals surface area contributed by atoms with Crippen LogP contribution in [0.25, 0.3) is 0 Å². The van der Waals surface area contributed by atoms with Crippen LogP contribution in [0.4, 0.5) is 0 Å². The second-order valence-electron chi connectivity index (χ2n) is 4.18. The maximum Gasteiger partial charge on any atom is 0.336 e. The minimum Gasteiger partial charge on any atom is -0.478 e. The number of nitrogens with zero attached hydrogens (tertiary/aromatic N) is 2. The summed E-state index contributed by atoms with van der Waals surface area (Å²) in [5, 5.41) is 17.6. The average Bonchev–Trinajstić information content (AvgIpc) is 2.37. The lowest BCUT2D eigenvalue weighted by atomic mass is 10.2. The van der Waals surface area contributed by atoms with E-state index in [4.69, 9.17) is 10.4 Å². The van der Waals surface area contributed by atoms with E-state index in [0.717, 1.165) is 10.4 Å². The van der Waals surface area contributed by atoms with Crippen molar-refractivity contribution in [2.24, 2.45) is 0 Å². The third-order valence-electron chi connectivity index (χ3n) is 2.85. The largest absolute Gasteiger partial charge is 0.478 e. The Labute approximate surface area is 125 Å². The first kappa shape index (κ1) is 16.6. The molecule has 0 spiro atoms. The predicted molar refractivity (Wildman–Crippen MR) is 75.7 cm³/mol. The highest BCUT2D eigenvalue weighted by Gasteiger charge is 2.26. The first-order valence-corrected chi connectivity index (χ1v) is 7.83. The van der Waals surface area contributed by atoms with E-state index in [1.54, 1.807) is 6.92 Å². The summed E-state index contributed by atoms with van der Waals surface area (Å²) in [4.78, 5) is 10.9. The molecule has 1 atom stereocenters. The highest BCUT2D eigenvalue weighted by molar-refractivity contribution is 9.10. The molecule has 1 aromatic carbocycles. The molecule has 0 saturated carbocycles. The monoisotopic (exact) mass is 360 g/mol. The van der Waals surface area contributed by atoms with E-state index in [9.17, 15) is 13.2 Å². The van der Waals surface area contributed by atoms with Crippen LogP contribution >= 0.6 is 15.9 Å². The summed E-state index contributed by atoms with van der Waals surface area (Å²) in [6.07, 6.45) is 0.0536. The zero-order valence-corrected chi connectivity index (χ0v) is 13.3. The van der Waals surface area contributed by atoms with Crippen molar-refractivity contribution in [3.63, 3.8) is 0 Å². The zero-order chi connectivity index (χ0) is 15.5. The highest BCUT2D eigenvalue weighted by atomic mass is 79.9. The molecule has 0 fully saturated rings. The molecule has 0 amide bonds. The van der Waals surface area contributed by atoms with Crippen LogP contribution in [0.5, 0.6) is 0 Å². The van der Waals surface area contributed by atoms with Gasteiger partial charge in [-0.1, -0.05) is 0 Å². The molecule has 108 valence electrons. The number of nitriles is 1. The third kappa shape index (κ3) is 3.36. The van der Waals surface area contributed by atoms with Crippen molar-refractivity contribution < 1.29 is 18.3 Å². The molecule has 1 N–H and O–H groups in total. The number of rotatable bonds is 5. The molecule has 20 heavy (non-hydrogen) atoms. The average molecular weight is 361 g/mol. The van der Waals surface area contributed by atoms with Gasteiger partial charge < -0.3 is 5.11 Å². The van der Waals surface area contributed by atoms with Gasteiger partial charge in [-0.3, -0.25) is 0 Å². The van der Waals surface area contributed by atoms with E-state index in [0.29, 0.717) is 4.47 Å². The Hall–Kier alpha value is -1.43. The lowest BCUT2D eigenvalue weighted by molar-refractivity contribution is 0.0695. The predicted octanol–water partition coefficient (Wildman–Crippen LogP) is 2.07. The Morgan fingerprint density at radius 2 is 2.15 bits per heavy atom. The fraction of sp³-hybridized carbons (Fsp3) is 0.333. The van der Waals surface area contributed by atoms with E-state index in [1.807, 2.05) is 6.07 Å². The topological polar surface area (TPSA) is 98.5 Å². The number of carboxylic acids is 1. The molecule has 0 heterocycles. The van der Waals surface area contributed by atoms with Gasteiger partial charge in [0.1, 0.15) is 0 Å². The van der Waals surface area contributed by atoms with E-state index in [1.165, 1.54) is 19.2 Å². The molecule has 6 nitrogen and oxygen atoms in total. The summed E-state index contributed by atoms with van der Waals surface area (Å²) in [5.41, 5.74) is -0.132. The first-order valence-electron chi connectivity index (χ1n) is 5.59. The molecule has 0 aliphatic heterocycles. The van der Waals surface area contributed by atoms with Crippen molar-refractivity contribution in [1.82, 2.24) is 4.31 Å². The van der Waals surface area contributed by atoms with Crippen molar-refractivity contribution in [1.29, 1.82) is 5.26 Å². The van der Waals surface area contributed by atoms with Gasteiger partial charge in [-0.25, -0.2) is 13.2 Å². The van der Waals surface area contributed by atoms with Gasteiger partial charge in [0.2, 0.25) is 10.0 Å². The Balaban J connectivity index is 3.27. The number of hydrogen-bond donors (Lipinski definition) is 1. The molecular weight excluding hydrogens is 348 g/mol. The van der Waals surface area contributed by atoms with Crippen LogP contribution in [-0.4, -0.2) is 36.9 Å². The minimum absolute atomic E-state index is 0.0536. The van der Waals surface area contributed by atoms with Crippen molar-refractivity contribution in [2.45, 2.75) is 24.3 Å². The van der Waals surface area contributed by atoms with Gasteiger partial charge in [-0.2, -0.15) is 9.57 Å². The zero-order valence-electron chi connectivity index (χ0n) is 10.9. The minimum atomic E-state index is -3.84. The molecule has 0 aliphatic carbocycles. The van der Waals surface area contributed by atoms with Gasteiger partial charge in [0.05, 0.1) is 22.9 Å². The van der Waals surface area contributed by atoms with Crippen molar-refractivity contribution in [3.05, 3.63) is 28.2 Å². The van der Waals surface area contributed by atoms with Gasteiger partial charge in [0.25, 0.3) is 0 Å². The number of hydrogen-bond acceptors (Lipinski definition) is 4. The first-order chi connectivity index (χ1) is 9.21. The molecule has 0 aromatic heterocycles. The van der Waals surface area contributed by atoms with E-state index >= 15 is 0 Å². The lowest BCUT2D eigenvalue weighted by Crippen LogP contribution is -2.34. The van der Waals surface area contributed by atoms with Crippen LogP contribution in [0.3, 0.4) is 0 Å². The summed E-state index contributed by atoms with van der Waals surface area (Å²) in [6.45, 7) is 1.61. The van der Waals surface area contributed by atoms with Gasteiger partial charge in [0.15, 0.2) is 0 Å². The number of carbonyl (C=O) groups is 1. The molecule has 1 rings (SSSR count). The van der Waals surface area contributed by atoms with E-state index in [2.05, 4.69) is 15.9 Å². The molecule has 0 saturated heterocycles. The summed E-state index contributed by atoms with van der Waals surface area (Å²) in [6, 6.07) is 5.19. The quantitative estimate of drug-likeness (QED) is 0.866. The summed E-state index contributed by atoms with van der Waals surface area (Å²) in [7, 11) is -2.47. The Bertz CT molecular complexity index is 667. The normalized spacial score (nSPS) is 12.9. The van der Waals surface area contributed by atoms with Gasteiger partial charge in [-0.15, -0.1) is 0 Å². The molecule has 1 aromatic rings. The van der Waals surface area contributed by atoms with Gasteiger partial charge >= 0.3 is 5.97 Å². The fourth-order valence-corrected chi connectivity index (χ4v) is 3.30. The SMILES string of the molecule is CC(CC#N)N(C)S(=O)(=O)c1ccc(Br)c(C(=O)O)c1. The van der Waals surface area contributed by atoms with Crippen LogP contribution in [0.2, 0.25) is 0 Å². The Morgan fingerprint density at radius 1 is 1.55 bits per heavy atom. The molecule has 0 bridgehead atoms. The van der Waals surface area contributed by atoms with Gasteiger partial charge in [-0.05, 0) is 41.1 Å². The summed E-state index contributed by atoms with van der Waals surface area (Å²) in [5.74, 6) is -1.22. The number of benzene rings is 1. The van der Waals surface area contributed by atoms with E-state index < -0.39 is 22.0 Å². The highest BCUT2D eigenvalue weighted by Crippen LogP contribution is 2.24. The summed E-state index contributed by atoms with van der Waals surface area (Å²) >= 11 is 3.06. The number of halogens is 1. The van der Waals surface area contributed by atoms with Crippen LogP contribution in [0, 0.1) is 11.3 Å². The smallest absolute Gasteiger partial charge is 0.336 e. The lowest BCUT2D eigenvalue weighted by Gasteiger charge is -2.22. The van der Waals surface area contributed by atoms with Crippen molar-refractivity contribution in [3.8, 4) is 6.07 Å². The van der Waals surface area contributed by atoms with Crippen molar-refractivity contribution in [2.75, 3.05) is 7.05 Å². The Kier molecular flexibility index (Phi) is 5.28. The van der Waals surface area contributed by atoms with Crippen molar-refractivity contribution >= 4 is 31.9 Å². The second kappa shape index (κ2) is 6.35. The number of sulfonamides is 1. The molecule has 0 aliphatic rings. The van der Waals surface area contributed by atoms with Crippen LogP contribution in [0.15, 0.2) is 27.6 Å². The van der Waals surface area contributed by atoms with Gasteiger partial charge in [0, 0.05) is 17.6 Å². The fourth-order valence-electron chi connectivity index (χ4n) is 1.49. The third-order valence-corrected chi connectivity index (χ3v) is 5.51. The molecule has 0 radical (unpaired) electrons. The standard InChI is InChI=1S/C12H13BrN2O4S/c1-8(5-6-14)15(2)20(18,19)9-3-4-11(13)10(7-9)12(16)17/h3-4,7-8H,5H2,1-2H3,(H,16,17). The van der Waals surface area contributed by atoms with Crippen LogP contribution in [-0.2, 0) is 10.0 Å². The van der Waals surface area contributed by atoms with E-state index in [-0.39, 0.29) is 16.9 Å². The van der Waals surface area contributed by atoms with Crippen LogP contribution in [0.1, 0.15) is 23.7 Å². The summed E-state index contributed by atoms with van der Waals surface area (Å²) < 4.78 is 26.0. The number of aromatic carboxylic acids is 1. The maximum absolute atomic E-state index is 12.3.